The third-order valence-electron chi connectivity index (χ3n) is 5.03. The predicted molar refractivity (Wildman–Crippen MR) is 140 cm³/mol. The van der Waals surface area contributed by atoms with Crippen molar-refractivity contribution in [3.63, 3.8) is 0 Å². The molecular weight excluding hydrogens is 493 g/mol. The van der Waals surface area contributed by atoms with Gasteiger partial charge < -0.3 is 16.4 Å². The van der Waals surface area contributed by atoms with Crippen LogP contribution in [-0.2, 0) is 16.0 Å². The molecule has 2 amide bonds. The lowest BCUT2D eigenvalue weighted by atomic mass is 10.0. The summed E-state index contributed by atoms with van der Waals surface area (Å²) in [5.41, 5.74) is 7.86. The molecule has 4 N–H and O–H groups in total. The summed E-state index contributed by atoms with van der Waals surface area (Å²) in [6.45, 7) is 0. The first-order chi connectivity index (χ1) is 16.3. The number of rotatable bonds is 9. The molecule has 176 valence electrons. The number of nitrogens with two attached hydrogens (primary N) is 1. The van der Waals surface area contributed by atoms with E-state index in [0.717, 1.165) is 5.56 Å². The number of aryl methyl sites for hydroxylation is 1. The van der Waals surface area contributed by atoms with E-state index in [4.69, 9.17) is 28.9 Å². The Kier molecular flexibility index (Phi) is 9.12. The zero-order valence-corrected chi connectivity index (χ0v) is 20.5. The van der Waals surface area contributed by atoms with Gasteiger partial charge in [0.25, 0.3) is 0 Å². The van der Waals surface area contributed by atoms with Crippen LogP contribution in [0.4, 0.5) is 11.4 Å². The van der Waals surface area contributed by atoms with Gasteiger partial charge in [0.2, 0.25) is 11.8 Å². The number of nitrogens with one attached hydrogen (secondary N) is 2. The third-order valence-corrected chi connectivity index (χ3v) is 6.28. The molecule has 0 radical (unpaired) electrons. The number of amides is 2. The fourth-order valence-electron chi connectivity index (χ4n) is 3.18. The van der Waals surface area contributed by atoms with Gasteiger partial charge in [-0.3, -0.25) is 14.4 Å². The minimum Gasteiger partial charge on any atom is -0.325 e. The molecule has 0 bridgehead atoms. The summed E-state index contributed by atoms with van der Waals surface area (Å²) >= 11 is 16.3. The standard InChI is InChI=1S/C25H23Cl2N3O3S/c26-19-8-4-7-15(23(19)27)9-12-22(31)30-21-11-10-17(29-25(33)20(28)14-34)13-18(21)24(32)16-5-2-1-3-6-16/h1-8,10-11,13,20,34H,9,12,14,28H2,(H,29,33)(H,30,31)/t20-/m0/s1. The van der Waals surface area contributed by atoms with Crippen molar-refractivity contribution in [3.05, 3.63) is 93.5 Å². The highest BCUT2D eigenvalue weighted by molar-refractivity contribution is 7.80. The second-order valence-corrected chi connectivity index (χ2v) is 8.65. The molecule has 0 aliphatic heterocycles. The van der Waals surface area contributed by atoms with Crippen LogP contribution < -0.4 is 16.4 Å². The van der Waals surface area contributed by atoms with Crippen LogP contribution in [0, 0.1) is 0 Å². The molecule has 0 saturated carbocycles. The summed E-state index contributed by atoms with van der Waals surface area (Å²) in [6, 6.07) is 17.8. The van der Waals surface area contributed by atoms with Crippen LogP contribution in [0.1, 0.15) is 27.9 Å². The van der Waals surface area contributed by atoms with E-state index in [-0.39, 0.29) is 29.4 Å². The lowest BCUT2D eigenvalue weighted by Gasteiger charge is -2.15. The second kappa shape index (κ2) is 12.0. The number of carbonyl (C=O) groups is 3. The molecule has 34 heavy (non-hydrogen) atoms. The van der Waals surface area contributed by atoms with Crippen LogP contribution in [-0.4, -0.2) is 29.4 Å². The Morgan fingerprint density at radius 1 is 0.941 bits per heavy atom. The van der Waals surface area contributed by atoms with Gasteiger partial charge in [-0.25, -0.2) is 0 Å². The molecule has 6 nitrogen and oxygen atoms in total. The van der Waals surface area contributed by atoms with E-state index in [0.29, 0.717) is 33.4 Å². The van der Waals surface area contributed by atoms with E-state index < -0.39 is 11.9 Å². The number of hydrogen-bond donors (Lipinski definition) is 4. The van der Waals surface area contributed by atoms with Crippen molar-refractivity contribution in [1.29, 1.82) is 0 Å². The third kappa shape index (κ3) is 6.61. The molecule has 3 rings (SSSR count). The van der Waals surface area contributed by atoms with Crippen LogP contribution in [0.2, 0.25) is 10.0 Å². The second-order valence-electron chi connectivity index (χ2n) is 7.49. The maximum absolute atomic E-state index is 13.2. The Bertz CT molecular complexity index is 1210. The molecule has 0 aliphatic rings. The van der Waals surface area contributed by atoms with Crippen LogP contribution in [0.15, 0.2) is 66.7 Å². The van der Waals surface area contributed by atoms with Gasteiger partial charge in [0.05, 0.1) is 21.8 Å². The Labute approximate surface area is 213 Å². The fourth-order valence-corrected chi connectivity index (χ4v) is 3.76. The van der Waals surface area contributed by atoms with E-state index >= 15 is 0 Å². The van der Waals surface area contributed by atoms with Crippen molar-refractivity contribution in [1.82, 2.24) is 0 Å². The lowest BCUT2D eigenvalue weighted by Crippen LogP contribution is -2.37. The molecule has 0 heterocycles. The van der Waals surface area contributed by atoms with Gasteiger partial charge in [-0.05, 0) is 36.2 Å². The van der Waals surface area contributed by atoms with Crippen LogP contribution in [0.25, 0.3) is 0 Å². The van der Waals surface area contributed by atoms with E-state index in [9.17, 15) is 14.4 Å². The summed E-state index contributed by atoms with van der Waals surface area (Å²) in [7, 11) is 0. The predicted octanol–water partition coefficient (Wildman–Crippen LogP) is 4.99. The molecule has 3 aromatic rings. The van der Waals surface area contributed by atoms with E-state index in [1.165, 1.54) is 6.07 Å². The first-order valence-electron chi connectivity index (χ1n) is 10.4. The number of ketones is 1. The summed E-state index contributed by atoms with van der Waals surface area (Å²) < 4.78 is 0. The maximum atomic E-state index is 13.2. The molecule has 0 saturated heterocycles. The molecular formula is C25H23Cl2N3O3S. The monoisotopic (exact) mass is 515 g/mol. The highest BCUT2D eigenvalue weighted by atomic mass is 35.5. The van der Waals surface area contributed by atoms with Crippen molar-refractivity contribution >= 4 is 64.8 Å². The number of halogens is 2. The van der Waals surface area contributed by atoms with E-state index in [2.05, 4.69) is 23.3 Å². The van der Waals surface area contributed by atoms with E-state index in [1.807, 2.05) is 0 Å². The highest BCUT2D eigenvalue weighted by Crippen LogP contribution is 2.27. The summed E-state index contributed by atoms with van der Waals surface area (Å²) in [5, 5.41) is 6.30. The highest BCUT2D eigenvalue weighted by Gasteiger charge is 2.18. The zero-order chi connectivity index (χ0) is 24.7. The fraction of sp³-hybridized carbons (Fsp3) is 0.160. The van der Waals surface area contributed by atoms with Crippen molar-refractivity contribution < 1.29 is 14.4 Å². The lowest BCUT2D eigenvalue weighted by molar-refractivity contribution is -0.117. The minimum absolute atomic E-state index is 0.133. The van der Waals surface area contributed by atoms with Crippen molar-refractivity contribution in [2.75, 3.05) is 16.4 Å². The minimum atomic E-state index is -0.797. The van der Waals surface area contributed by atoms with Gasteiger partial charge >= 0.3 is 0 Å². The van der Waals surface area contributed by atoms with Crippen LogP contribution >= 0.6 is 35.8 Å². The Balaban J connectivity index is 1.83. The average Bonchev–Trinajstić information content (AvgIpc) is 2.85. The molecule has 1 atom stereocenters. The quantitative estimate of drug-likeness (QED) is 0.238. The average molecular weight is 516 g/mol. The van der Waals surface area contributed by atoms with Gasteiger partial charge in [0.1, 0.15) is 0 Å². The number of anilines is 2. The smallest absolute Gasteiger partial charge is 0.242 e. The largest absolute Gasteiger partial charge is 0.325 e. The Morgan fingerprint density at radius 2 is 1.68 bits per heavy atom. The first kappa shape index (κ1) is 25.8. The van der Waals surface area contributed by atoms with Crippen LogP contribution in [0.5, 0.6) is 0 Å². The van der Waals surface area contributed by atoms with Crippen molar-refractivity contribution in [2.45, 2.75) is 18.9 Å². The SMILES string of the molecule is N[C@@H](CS)C(=O)Nc1ccc(NC(=O)CCc2cccc(Cl)c2Cl)c(C(=O)c2ccccc2)c1. The van der Waals surface area contributed by atoms with E-state index in [1.54, 1.807) is 60.7 Å². The molecule has 0 aromatic heterocycles. The number of hydrogen-bond acceptors (Lipinski definition) is 5. The van der Waals surface area contributed by atoms with Crippen molar-refractivity contribution in [3.8, 4) is 0 Å². The number of thiol groups is 1. The van der Waals surface area contributed by atoms with Gasteiger partial charge in [-0.15, -0.1) is 0 Å². The van der Waals surface area contributed by atoms with Crippen LogP contribution in [0.3, 0.4) is 0 Å². The molecule has 0 unspecified atom stereocenters. The first-order valence-corrected chi connectivity index (χ1v) is 11.8. The summed E-state index contributed by atoms with van der Waals surface area (Å²) in [5.74, 6) is -0.856. The summed E-state index contributed by atoms with van der Waals surface area (Å²) in [6.07, 6.45) is 0.511. The molecule has 0 spiro atoms. The van der Waals surface area contributed by atoms with Crippen molar-refractivity contribution in [2.24, 2.45) is 5.73 Å². The number of benzene rings is 3. The molecule has 0 fully saturated rings. The zero-order valence-electron chi connectivity index (χ0n) is 18.1. The molecule has 0 aliphatic carbocycles. The van der Waals surface area contributed by atoms with Gasteiger partial charge in [0, 0.05) is 29.0 Å². The van der Waals surface area contributed by atoms with Gasteiger partial charge in [-0.1, -0.05) is 65.7 Å². The normalized spacial score (nSPS) is 11.5. The Morgan fingerprint density at radius 3 is 2.38 bits per heavy atom. The Hall–Kier alpha value is -2.84. The topological polar surface area (TPSA) is 101 Å². The van der Waals surface area contributed by atoms with Gasteiger partial charge in [0.15, 0.2) is 5.78 Å². The summed E-state index contributed by atoms with van der Waals surface area (Å²) in [4.78, 5) is 38.1. The molecule has 9 heteroatoms. The number of carbonyl (C=O) groups excluding carboxylic acids is 3. The molecule has 3 aromatic carbocycles. The van der Waals surface area contributed by atoms with Gasteiger partial charge in [-0.2, -0.15) is 12.6 Å². The maximum Gasteiger partial charge on any atom is 0.242 e.